The second-order valence-electron chi connectivity index (χ2n) is 6.74. The predicted molar refractivity (Wildman–Crippen MR) is 88.9 cm³/mol. The molecule has 124 valence electrons. The normalized spacial score (nSPS) is 22.2. The summed E-state index contributed by atoms with van der Waals surface area (Å²) in [6.45, 7) is 2.55. The zero-order valence-corrected chi connectivity index (χ0v) is 13.5. The molecule has 2 aromatic rings. The van der Waals surface area contributed by atoms with Crippen LogP contribution in [-0.2, 0) is 0 Å². The van der Waals surface area contributed by atoms with Crippen molar-refractivity contribution in [1.82, 2.24) is 9.47 Å². The first-order chi connectivity index (χ1) is 11.6. The summed E-state index contributed by atoms with van der Waals surface area (Å²) < 4.78 is 14.5. The lowest BCUT2D eigenvalue weighted by Crippen LogP contribution is -2.57. The van der Waals surface area contributed by atoms with Crippen molar-refractivity contribution < 1.29 is 9.18 Å². The molecule has 0 spiro atoms. The molecule has 1 amide bonds. The van der Waals surface area contributed by atoms with Crippen LogP contribution in [0.15, 0.2) is 41.3 Å². The molecule has 0 N–H and O–H groups in total. The Kier molecular flexibility index (Phi) is 3.52. The van der Waals surface area contributed by atoms with Gasteiger partial charge in [-0.3, -0.25) is 14.2 Å². The molecule has 0 bridgehead atoms. The average molecular weight is 326 g/mol. The molecule has 2 fully saturated rings. The summed E-state index contributed by atoms with van der Waals surface area (Å²) in [6.07, 6.45) is 5.01. The molecule has 1 aromatic carbocycles. The van der Waals surface area contributed by atoms with Gasteiger partial charge < -0.3 is 4.90 Å². The molecule has 2 aliphatic rings. The number of aromatic nitrogens is 1. The first-order valence-electron chi connectivity index (χ1n) is 8.35. The fourth-order valence-corrected chi connectivity index (χ4v) is 3.96. The summed E-state index contributed by atoms with van der Waals surface area (Å²) >= 11 is 0. The summed E-state index contributed by atoms with van der Waals surface area (Å²) in [6, 6.07) is 7.76. The zero-order chi connectivity index (χ0) is 16.8. The van der Waals surface area contributed by atoms with Crippen LogP contribution < -0.4 is 5.56 Å². The molecule has 0 radical (unpaired) electrons. The molecule has 24 heavy (non-hydrogen) atoms. The number of hydrogen-bond donors (Lipinski definition) is 0. The Labute approximate surface area is 139 Å². The lowest BCUT2D eigenvalue weighted by Gasteiger charge is -2.44. The minimum atomic E-state index is -0.358. The van der Waals surface area contributed by atoms with Gasteiger partial charge in [0.15, 0.2) is 0 Å². The number of pyridine rings is 1. The van der Waals surface area contributed by atoms with Gasteiger partial charge in [0.1, 0.15) is 11.4 Å². The highest BCUT2D eigenvalue weighted by atomic mass is 19.1. The third kappa shape index (κ3) is 2.27. The molecule has 1 saturated carbocycles. The fourth-order valence-electron chi connectivity index (χ4n) is 3.96. The highest BCUT2D eigenvalue weighted by Crippen LogP contribution is 2.39. The summed E-state index contributed by atoms with van der Waals surface area (Å²) in [5, 5.41) is 0. The van der Waals surface area contributed by atoms with Crippen molar-refractivity contribution in [2.45, 2.75) is 32.2 Å². The van der Waals surface area contributed by atoms with E-state index in [1.807, 2.05) is 4.90 Å². The van der Waals surface area contributed by atoms with E-state index in [1.54, 1.807) is 19.2 Å². The smallest absolute Gasteiger partial charge is 0.268 e. The second kappa shape index (κ2) is 5.58. The molecule has 2 heterocycles. The first kappa shape index (κ1) is 15.1. The molecule has 1 aromatic heterocycles. The molecule has 1 saturated heterocycles. The molecule has 0 unspecified atom stereocenters. The number of amides is 1. The first-order valence-corrected chi connectivity index (χ1v) is 8.35. The molecule has 1 aliphatic heterocycles. The van der Waals surface area contributed by atoms with Gasteiger partial charge in [0.2, 0.25) is 0 Å². The van der Waals surface area contributed by atoms with Crippen molar-refractivity contribution in [2.24, 2.45) is 5.92 Å². The number of carbonyl (C=O) groups is 1. The van der Waals surface area contributed by atoms with Crippen LogP contribution in [-0.4, -0.2) is 28.0 Å². The number of fused-ring (bicyclic) bond motifs is 1. The topological polar surface area (TPSA) is 42.3 Å². The largest absolute Gasteiger partial charge is 0.335 e. The highest BCUT2D eigenvalue weighted by Gasteiger charge is 2.45. The summed E-state index contributed by atoms with van der Waals surface area (Å²) in [5.74, 6) is 0.0810. The maximum Gasteiger partial charge on any atom is 0.268 e. The van der Waals surface area contributed by atoms with Crippen molar-refractivity contribution in [1.29, 1.82) is 0 Å². The van der Waals surface area contributed by atoms with Gasteiger partial charge >= 0.3 is 0 Å². The number of benzene rings is 1. The fraction of sp³-hybridized carbons (Fsp3) is 0.368. The van der Waals surface area contributed by atoms with Crippen molar-refractivity contribution in [2.75, 3.05) is 6.54 Å². The molecular formula is C19H19FN2O2. The zero-order valence-electron chi connectivity index (χ0n) is 13.5. The van der Waals surface area contributed by atoms with Crippen LogP contribution in [0.3, 0.4) is 0 Å². The maximum absolute atomic E-state index is 13.1. The number of carbonyl (C=O) groups excluding carboxylic acids is 1. The summed E-state index contributed by atoms with van der Waals surface area (Å²) in [7, 11) is 0. The van der Waals surface area contributed by atoms with Gasteiger partial charge in [-0.2, -0.15) is 0 Å². The van der Waals surface area contributed by atoms with Gasteiger partial charge in [0.05, 0.1) is 0 Å². The Morgan fingerprint density at radius 3 is 2.62 bits per heavy atom. The molecular weight excluding hydrogens is 307 g/mol. The van der Waals surface area contributed by atoms with E-state index >= 15 is 0 Å². The Hall–Kier alpha value is -2.43. The molecule has 4 rings (SSSR count). The van der Waals surface area contributed by atoms with Crippen LogP contribution in [0.2, 0.25) is 0 Å². The van der Waals surface area contributed by atoms with Gasteiger partial charge in [-0.15, -0.1) is 0 Å². The second-order valence-corrected chi connectivity index (χ2v) is 6.74. The van der Waals surface area contributed by atoms with E-state index in [2.05, 4.69) is 0 Å². The minimum Gasteiger partial charge on any atom is -0.335 e. The summed E-state index contributed by atoms with van der Waals surface area (Å²) in [5.41, 5.74) is 1.13. The van der Waals surface area contributed by atoms with E-state index in [0.29, 0.717) is 23.2 Å². The molecule has 1 aliphatic carbocycles. The Balaban J connectivity index is 1.73. The number of halogens is 1. The number of aryl methyl sites for hydroxylation is 1. The lowest BCUT2D eigenvalue weighted by atomic mass is 9.90. The Bertz CT molecular complexity index is 857. The van der Waals surface area contributed by atoms with Gasteiger partial charge in [-0.25, -0.2) is 4.39 Å². The number of likely N-dealkylation sites (tertiary alicyclic amines) is 1. The Morgan fingerprint density at radius 2 is 1.92 bits per heavy atom. The number of nitrogens with zero attached hydrogens (tertiary/aromatic N) is 2. The molecule has 5 heteroatoms. The third-order valence-electron chi connectivity index (χ3n) is 5.33. The van der Waals surface area contributed by atoms with Gasteiger partial charge in [0.25, 0.3) is 11.5 Å². The maximum atomic E-state index is 13.1. The number of rotatable bonds is 2. The minimum absolute atomic E-state index is 0.169. The van der Waals surface area contributed by atoms with E-state index in [9.17, 15) is 14.0 Å². The van der Waals surface area contributed by atoms with Crippen molar-refractivity contribution in [3.05, 3.63) is 63.8 Å². The monoisotopic (exact) mass is 326 g/mol. The van der Waals surface area contributed by atoms with Crippen molar-refractivity contribution >= 4 is 5.91 Å². The molecule has 4 nitrogen and oxygen atoms in total. The van der Waals surface area contributed by atoms with Crippen LogP contribution in [0.1, 0.15) is 35.2 Å². The van der Waals surface area contributed by atoms with Crippen molar-refractivity contribution in [3.63, 3.8) is 0 Å². The third-order valence-corrected chi connectivity index (χ3v) is 5.33. The predicted octanol–water partition coefficient (Wildman–Crippen LogP) is 2.91. The van der Waals surface area contributed by atoms with Crippen LogP contribution in [0.25, 0.3) is 5.69 Å². The van der Waals surface area contributed by atoms with Gasteiger partial charge in [0, 0.05) is 24.5 Å². The molecule has 2 atom stereocenters. The SMILES string of the molecule is Cc1ccn(-c2ccc(F)cc2)c(=O)c1C(=O)N1C[C@@H]2CCC[C@@H]21. The van der Waals surface area contributed by atoms with Crippen molar-refractivity contribution in [3.8, 4) is 5.69 Å². The average Bonchev–Trinajstić information content (AvgIpc) is 2.90. The van der Waals surface area contributed by atoms with E-state index < -0.39 is 0 Å². The van der Waals surface area contributed by atoms with E-state index in [0.717, 1.165) is 19.4 Å². The van der Waals surface area contributed by atoms with Crippen LogP contribution >= 0.6 is 0 Å². The summed E-state index contributed by atoms with van der Waals surface area (Å²) in [4.78, 5) is 27.6. The van der Waals surface area contributed by atoms with E-state index in [4.69, 9.17) is 0 Å². The van der Waals surface area contributed by atoms with Crippen LogP contribution in [0.5, 0.6) is 0 Å². The Morgan fingerprint density at radius 1 is 1.17 bits per heavy atom. The lowest BCUT2D eigenvalue weighted by molar-refractivity contribution is 0.0266. The van der Waals surface area contributed by atoms with E-state index in [-0.39, 0.29) is 22.8 Å². The van der Waals surface area contributed by atoms with E-state index in [1.165, 1.54) is 35.3 Å². The highest BCUT2D eigenvalue weighted by molar-refractivity contribution is 5.96. The van der Waals surface area contributed by atoms with Crippen LogP contribution in [0, 0.1) is 18.7 Å². The quantitative estimate of drug-likeness (QED) is 0.851. The standard InChI is InChI=1S/C19H19FN2O2/c1-12-9-10-21(15-7-5-14(20)6-8-15)18(23)17(12)19(24)22-11-13-3-2-4-16(13)22/h5-10,13,16H,2-4,11H2,1H3/t13-,16-/m0/s1. The van der Waals surface area contributed by atoms with Crippen LogP contribution in [0.4, 0.5) is 4.39 Å². The van der Waals surface area contributed by atoms with Gasteiger partial charge in [-0.05, 0) is 61.6 Å². The van der Waals surface area contributed by atoms with Gasteiger partial charge in [-0.1, -0.05) is 6.42 Å². The number of hydrogen-bond acceptors (Lipinski definition) is 2.